The minimum atomic E-state index is 0.235. The molecule has 108 valence electrons. The zero-order valence-electron chi connectivity index (χ0n) is 11.8. The number of hydrogen-bond acceptors (Lipinski definition) is 5. The molecule has 0 fully saturated rings. The molecule has 0 saturated carbocycles. The molecule has 1 aromatic carbocycles. The van der Waals surface area contributed by atoms with Crippen molar-refractivity contribution in [1.29, 1.82) is 0 Å². The van der Waals surface area contributed by atoms with Crippen LogP contribution in [0.1, 0.15) is 13.8 Å². The Balaban J connectivity index is 2.06. The molecule has 20 heavy (non-hydrogen) atoms. The van der Waals surface area contributed by atoms with Crippen molar-refractivity contribution < 1.29 is 14.3 Å². The minimum absolute atomic E-state index is 0.235. The van der Waals surface area contributed by atoms with Gasteiger partial charge < -0.3 is 14.8 Å². The maximum absolute atomic E-state index is 11.6. The number of benzene rings is 1. The van der Waals surface area contributed by atoms with Crippen molar-refractivity contribution in [1.82, 2.24) is 10.1 Å². The van der Waals surface area contributed by atoms with Crippen LogP contribution >= 0.6 is 0 Å². The fourth-order valence-electron chi connectivity index (χ4n) is 1.97. The van der Waals surface area contributed by atoms with E-state index < -0.39 is 0 Å². The van der Waals surface area contributed by atoms with Gasteiger partial charge >= 0.3 is 5.88 Å². The van der Waals surface area contributed by atoms with Crippen molar-refractivity contribution >= 4 is 0 Å². The number of aromatic nitrogens is 2. The Hall–Kier alpha value is -2.08. The smallest absolute Gasteiger partial charge is 0.402 e. The van der Waals surface area contributed by atoms with E-state index in [4.69, 9.17) is 4.74 Å². The topological polar surface area (TPSA) is 65.4 Å². The zero-order chi connectivity index (χ0) is 14.4. The largest absolute Gasteiger partial charge is 0.454 e. The molecule has 6 heteroatoms. The van der Waals surface area contributed by atoms with Crippen molar-refractivity contribution in [2.24, 2.45) is 0 Å². The summed E-state index contributed by atoms with van der Waals surface area (Å²) in [6.45, 7) is 7.37. The van der Waals surface area contributed by atoms with Gasteiger partial charge in [0.25, 0.3) is 5.69 Å². The lowest BCUT2D eigenvalue weighted by atomic mass is 10.2. The molecule has 1 aromatic heterocycles. The molecule has 0 aliphatic carbocycles. The second kappa shape index (κ2) is 6.91. The van der Waals surface area contributed by atoms with Crippen molar-refractivity contribution in [2.75, 3.05) is 26.2 Å². The van der Waals surface area contributed by atoms with Gasteiger partial charge in [-0.05, 0) is 18.0 Å². The summed E-state index contributed by atoms with van der Waals surface area (Å²) in [6, 6.07) is 9.22. The Morgan fingerprint density at radius 3 is 2.60 bits per heavy atom. The van der Waals surface area contributed by atoms with Gasteiger partial charge in [0, 0.05) is 12.1 Å². The van der Waals surface area contributed by atoms with Gasteiger partial charge in [-0.3, -0.25) is 4.63 Å². The molecule has 6 nitrogen and oxygen atoms in total. The average Bonchev–Trinajstić information content (AvgIpc) is 2.85. The highest BCUT2D eigenvalue weighted by Gasteiger charge is 2.22. The van der Waals surface area contributed by atoms with Gasteiger partial charge in [0.1, 0.15) is 6.61 Å². The van der Waals surface area contributed by atoms with Crippen molar-refractivity contribution in [3.8, 4) is 17.1 Å². The molecule has 0 atom stereocenters. The van der Waals surface area contributed by atoms with Crippen molar-refractivity contribution in [3.63, 3.8) is 0 Å². The first kappa shape index (κ1) is 14.3. The zero-order valence-corrected chi connectivity index (χ0v) is 11.8. The summed E-state index contributed by atoms with van der Waals surface area (Å²) in [5, 5.41) is 15.3. The fourth-order valence-corrected chi connectivity index (χ4v) is 1.97. The SMILES string of the molecule is CCN(CC)CCOc1no[n+]([O-])c1-c1ccccc1. The van der Waals surface area contributed by atoms with Gasteiger partial charge in [0.05, 0.1) is 5.16 Å². The second-order valence-electron chi connectivity index (χ2n) is 4.33. The van der Waals surface area contributed by atoms with Crippen LogP contribution < -0.4 is 9.64 Å². The standard InChI is InChI=1S/C14H19N3O3/c1-3-16(4-2)10-11-19-14-13(17(18)20-15-14)12-8-6-5-7-9-12/h5-9H,3-4,10-11H2,1-2H3. The Morgan fingerprint density at radius 1 is 1.25 bits per heavy atom. The van der Waals surface area contributed by atoms with Crippen LogP contribution in [-0.2, 0) is 0 Å². The molecule has 0 bridgehead atoms. The molecule has 0 amide bonds. The fraction of sp³-hybridized carbons (Fsp3) is 0.429. The van der Waals surface area contributed by atoms with E-state index in [1.807, 2.05) is 30.3 Å². The van der Waals surface area contributed by atoms with Gasteiger partial charge in [-0.25, -0.2) is 0 Å². The Kier molecular flexibility index (Phi) is 4.95. The van der Waals surface area contributed by atoms with Crippen LogP contribution in [0.2, 0.25) is 0 Å². The van der Waals surface area contributed by atoms with Crippen LogP contribution in [-0.4, -0.2) is 36.3 Å². The molecule has 2 aromatic rings. The Labute approximate surface area is 118 Å². The molecular formula is C14H19N3O3. The van der Waals surface area contributed by atoms with Gasteiger partial charge in [-0.15, -0.1) is 0 Å². The lowest BCUT2D eigenvalue weighted by Gasteiger charge is -2.16. The van der Waals surface area contributed by atoms with E-state index in [1.165, 1.54) is 0 Å². The summed E-state index contributed by atoms with van der Waals surface area (Å²) in [4.78, 5) is 2.61. The number of nitrogens with zero attached hydrogens (tertiary/aromatic N) is 3. The summed E-state index contributed by atoms with van der Waals surface area (Å²) < 4.78 is 10.2. The monoisotopic (exact) mass is 277 g/mol. The van der Waals surface area contributed by atoms with E-state index >= 15 is 0 Å². The molecule has 0 aliphatic rings. The van der Waals surface area contributed by atoms with Gasteiger partial charge in [-0.1, -0.05) is 44.2 Å². The number of likely N-dealkylation sites (N-methyl/N-ethyl adjacent to an activating group) is 1. The summed E-state index contributed by atoms with van der Waals surface area (Å²) in [7, 11) is 0. The van der Waals surface area contributed by atoms with Crippen LogP contribution in [0.3, 0.4) is 0 Å². The van der Waals surface area contributed by atoms with E-state index in [-0.39, 0.29) is 5.88 Å². The summed E-state index contributed by atoms with van der Waals surface area (Å²) in [5.74, 6) is 0.235. The molecule has 0 aliphatic heterocycles. The molecule has 1 heterocycles. The molecule has 2 rings (SSSR count). The number of rotatable bonds is 7. The maximum atomic E-state index is 11.6. The van der Waals surface area contributed by atoms with Crippen LogP contribution in [0.5, 0.6) is 5.88 Å². The Morgan fingerprint density at radius 2 is 1.95 bits per heavy atom. The summed E-state index contributed by atoms with van der Waals surface area (Å²) in [5.41, 5.74) is 1.03. The third kappa shape index (κ3) is 3.27. The van der Waals surface area contributed by atoms with Gasteiger partial charge in [0.2, 0.25) is 0 Å². The van der Waals surface area contributed by atoms with Gasteiger partial charge in [-0.2, -0.15) is 0 Å². The molecule has 0 unspecified atom stereocenters. The first-order valence-electron chi connectivity index (χ1n) is 6.76. The summed E-state index contributed by atoms with van der Waals surface area (Å²) in [6.07, 6.45) is 0. The Bertz CT molecular complexity index is 524. The maximum Gasteiger partial charge on any atom is 0.402 e. The van der Waals surface area contributed by atoms with E-state index in [9.17, 15) is 5.21 Å². The van der Waals surface area contributed by atoms with Crippen LogP contribution in [0.15, 0.2) is 35.0 Å². The first-order valence-corrected chi connectivity index (χ1v) is 6.76. The molecule has 0 N–H and O–H groups in total. The molecule has 0 spiro atoms. The van der Waals surface area contributed by atoms with Crippen LogP contribution in [0, 0.1) is 5.21 Å². The quantitative estimate of drug-likeness (QED) is 0.721. The van der Waals surface area contributed by atoms with E-state index in [0.29, 0.717) is 17.2 Å². The molecule has 0 radical (unpaired) electrons. The lowest BCUT2D eigenvalue weighted by molar-refractivity contribution is -0.793. The predicted molar refractivity (Wildman–Crippen MR) is 74.2 cm³/mol. The predicted octanol–water partition coefficient (Wildman–Crippen LogP) is 1.70. The molecule has 0 saturated heterocycles. The first-order chi connectivity index (χ1) is 9.76. The average molecular weight is 277 g/mol. The van der Waals surface area contributed by atoms with Crippen LogP contribution in [0.4, 0.5) is 0 Å². The number of ether oxygens (including phenoxy) is 1. The number of hydrogen-bond donors (Lipinski definition) is 0. The lowest BCUT2D eigenvalue weighted by Crippen LogP contribution is -2.28. The minimum Gasteiger partial charge on any atom is -0.454 e. The highest BCUT2D eigenvalue weighted by molar-refractivity contribution is 5.60. The van der Waals surface area contributed by atoms with Crippen molar-refractivity contribution in [3.05, 3.63) is 35.5 Å². The van der Waals surface area contributed by atoms with E-state index in [1.54, 1.807) is 0 Å². The third-order valence-electron chi connectivity index (χ3n) is 3.17. The van der Waals surface area contributed by atoms with E-state index in [2.05, 4.69) is 28.5 Å². The van der Waals surface area contributed by atoms with E-state index in [0.717, 1.165) is 25.2 Å². The highest BCUT2D eigenvalue weighted by atomic mass is 16.8. The molecular weight excluding hydrogens is 258 g/mol. The highest BCUT2D eigenvalue weighted by Crippen LogP contribution is 2.24. The normalized spacial score (nSPS) is 10.9. The second-order valence-corrected chi connectivity index (χ2v) is 4.33. The summed E-state index contributed by atoms with van der Waals surface area (Å²) >= 11 is 0. The third-order valence-corrected chi connectivity index (χ3v) is 3.17. The van der Waals surface area contributed by atoms with Crippen LogP contribution in [0.25, 0.3) is 11.3 Å². The van der Waals surface area contributed by atoms with Gasteiger partial charge in [0.15, 0.2) is 0 Å². The van der Waals surface area contributed by atoms with Crippen molar-refractivity contribution in [2.45, 2.75) is 13.8 Å².